The number of rotatable bonds is 35. The fourth-order valence-electron chi connectivity index (χ4n) is 6.11. The Morgan fingerprint density at radius 3 is 1.63 bits per heavy atom. The van der Waals surface area contributed by atoms with Crippen molar-refractivity contribution in [1.82, 2.24) is 0 Å². The molecular formula is C47H78O10. The van der Waals surface area contributed by atoms with Gasteiger partial charge in [-0.25, -0.2) is 0 Å². The van der Waals surface area contributed by atoms with Gasteiger partial charge in [-0.3, -0.25) is 9.59 Å². The van der Waals surface area contributed by atoms with E-state index >= 15 is 0 Å². The van der Waals surface area contributed by atoms with Crippen molar-refractivity contribution in [2.24, 2.45) is 0 Å². The van der Waals surface area contributed by atoms with Crippen molar-refractivity contribution >= 4 is 11.9 Å². The van der Waals surface area contributed by atoms with E-state index in [1.165, 1.54) is 38.5 Å². The van der Waals surface area contributed by atoms with Crippen LogP contribution in [0.3, 0.4) is 0 Å². The summed E-state index contributed by atoms with van der Waals surface area (Å²) >= 11 is 0. The first-order valence-corrected chi connectivity index (χ1v) is 22.0. The third kappa shape index (κ3) is 29.1. The summed E-state index contributed by atoms with van der Waals surface area (Å²) in [6.45, 7) is 3.21. The molecule has 326 valence electrons. The Kier molecular flexibility index (Phi) is 34.2. The van der Waals surface area contributed by atoms with E-state index in [9.17, 15) is 30.0 Å². The van der Waals surface area contributed by atoms with Gasteiger partial charge in [-0.1, -0.05) is 145 Å². The van der Waals surface area contributed by atoms with Gasteiger partial charge in [-0.05, 0) is 70.6 Å². The lowest BCUT2D eigenvalue weighted by Crippen LogP contribution is -2.59. The average molecular weight is 803 g/mol. The molecule has 0 amide bonds. The largest absolute Gasteiger partial charge is 0.462 e. The van der Waals surface area contributed by atoms with Gasteiger partial charge >= 0.3 is 11.9 Å². The predicted molar refractivity (Wildman–Crippen MR) is 228 cm³/mol. The Bertz CT molecular complexity index is 1160. The Labute approximate surface area is 344 Å². The first-order valence-electron chi connectivity index (χ1n) is 22.0. The summed E-state index contributed by atoms with van der Waals surface area (Å²) < 4.78 is 22.0. The van der Waals surface area contributed by atoms with Crippen molar-refractivity contribution in [2.75, 3.05) is 19.8 Å². The summed E-state index contributed by atoms with van der Waals surface area (Å²) in [5.41, 5.74) is 0. The van der Waals surface area contributed by atoms with Crippen LogP contribution < -0.4 is 0 Å². The Morgan fingerprint density at radius 2 is 1.07 bits per heavy atom. The highest BCUT2D eigenvalue weighted by molar-refractivity contribution is 5.70. The number of ether oxygens (including phenoxy) is 4. The minimum Gasteiger partial charge on any atom is -0.462 e. The van der Waals surface area contributed by atoms with Crippen molar-refractivity contribution in [3.63, 3.8) is 0 Å². The van der Waals surface area contributed by atoms with Crippen LogP contribution in [0.4, 0.5) is 0 Å². The van der Waals surface area contributed by atoms with Gasteiger partial charge in [0, 0.05) is 12.8 Å². The second kappa shape index (κ2) is 37.4. The van der Waals surface area contributed by atoms with Crippen LogP contribution in [0.15, 0.2) is 72.9 Å². The van der Waals surface area contributed by atoms with Gasteiger partial charge in [0.1, 0.15) is 31.0 Å². The van der Waals surface area contributed by atoms with E-state index in [-0.39, 0.29) is 26.1 Å². The lowest BCUT2D eigenvalue weighted by atomic mass is 9.99. The number of allylic oxidation sites excluding steroid dienone is 12. The molecule has 1 fully saturated rings. The highest BCUT2D eigenvalue weighted by Gasteiger charge is 2.44. The van der Waals surface area contributed by atoms with Gasteiger partial charge in [0.2, 0.25) is 0 Å². The third-order valence-electron chi connectivity index (χ3n) is 9.59. The molecule has 1 rings (SSSR count). The number of hydrogen-bond acceptors (Lipinski definition) is 10. The van der Waals surface area contributed by atoms with E-state index < -0.39 is 55.4 Å². The van der Waals surface area contributed by atoms with Crippen LogP contribution in [0, 0.1) is 0 Å². The smallest absolute Gasteiger partial charge is 0.306 e. The maximum absolute atomic E-state index is 12.7. The normalized spacial score (nSPS) is 21.0. The van der Waals surface area contributed by atoms with Crippen LogP contribution in [0.2, 0.25) is 0 Å². The lowest BCUT2D eigenvalue weighted by molar-refractivity contribution is -0.305. The summed E-state index contributed by atoms with van der Waals surface area (Å²) in [6.07, 6.45) is 39.2. The molecule has 57 heavy (non-hydrogen) atoms. The van der Waals surface area contributed by atoms with Crippen molar-refractivity contribution in [3.05, 3.63) is 72.9 Å². The van der Waals surface area contributed by atoms with Gasteiger partial charge in [-0.2, -0.15) is 0 Å². The monoisotopic (exact) mass is 803 g/mol. The van der Waals surface area contributed by atoms with E-state index in [0.29, 0.717) is 12.8 Å². The van der Waals surface area contributed by atoms with Crippen LogP contribution in [0.25, 0.3) is 0 Å². The highest BCUT2D eigenvalue weighted by atomic mass is 16.7. The van der Waals surface area contributed by atoms with Crippen LogP contribution in [0.5, 0.6) is 0 Å². The number of unbranched alkanes of at least 4 members (excludes halogenated alkanes) is 12. The molecule has 0 spiro atoms. The molecule has 0 aromatic rings. The molecule has 0 aromatic carbocycles. The van der Waals surface area contributed by atoms with Gasteiger partial charge in [0.25, 0.3) is 0 Å². The molecule has 4 N–H and O–H groups in total. The number of aliphatic hydroxyl groups is 4. The first-order chi connectivity index (χ1) is 27.8. The minimum absolute atomic E-state index is 0.117. The van der Waals surface area contributed by atoms with E-state index in [4.69, 9.17) is 18.9 Å². The molecule has 0 aromatic heterocycles. The summed E-state index contributed by atoms with van der Waals surface area (Å²) in [6, 6.07) is 0. The fourth-order valence-corrected chi connectivity index (χ4v) is 6.11. The number of hydrogen-bond donors (Lipinski definition) is 4. The SMILES string of the molecule is CC/C=C/C/C=C/C/C=C/C/C=C/CCCCCCCCC(=O)OCC(CO[C@H]1O[C@@H](CO)[C@@H](O)C(O)C1O)OC(=O)CC/C=C/C/C=C/CCCCCCCC. The molecule has 1 heterocycles. The summed E-state index contributed by atoms with van der Waals surface area (Å²) in [5.74, 6) is -0.908. The van der Waals surface area contributed by atoms with Gasteiger partial charge < -0.3 is 39.4 Å². The second-order valence-electron chi connectivity index (χ2n) is 14.8. The molecule has 0 bridgehead atoms. The number of carbonyl (C=O) groups is 2. The average Bonchev–Trinajstić information content (AvgIpc) is 3.21. The Morgan fingerprint density at radius 1 is 0.561 bits per heavy atom. The van der Waals surface area contributed by atoms with E-state index in [2.05, 4.69) is 74.6 Å². The van der Waals surface area contributed by atoms with Gasteiger partial charge in [-0.15, -0.1) is 0 Å². The molecule has 3 unspecified atom stereocenters. The molecule has 1 aliphatic rings. The molecule has 0 saturated carbocycles. The van der Waals surface area contributed by atoms with Gasteiger partial charge in [0.15, 0.2) is 12.4 Å². The van der Waals surface area contributed by atoms with Crippen molar-refractivity contribution in [3.8, 4) is 0 Å². The van der Waals surface area contributed by atoms with Crippen molar-refractivity contribution < 1.29 is 49.0 Å². The molecule has 0 aliphatic carbocycles. The quantitative estimate of drug-likeness (QED) is 0.0277. The Hall–Kier alpha value is -2.86. The molecule has 1 saturated heterocycles. The zero-order chi connectivity index (χ0) is 41.6. The lowest BCUT2D eigenvalue weighted by Gasteiger charge is -2.39. The van der Waals surface area contributed by atoms with Crippen LogP contribution >= 0.6 is 0 Å². The molecule has 10 nitrogen and oxygen atoms in total. The zero-order valence-electron chi connectivity index (χ0n) is 35.3. The number of aliphatic hydroxyl groups excluding tert-OH is 4. The van der Waals surface area contributed by atoms with Crippen LogP contribution in [-0.4, -0.2) is 89.0 Å². The maximum atomic E-state index is 12.7. The summed E-state index contributed by atoms with van der Waals surface area (Å²) in [7, 11) is 0. The third-order valence-corrected chi connectivity index (χ3v) is 9.59. The predicted octanol–water partition coefficient (Wildman–Crippen LogP) is 9.22. The van der Waals surface area contributed by atoms with Crippen molar-refractivity contribution in [2.45, 2.75) is 192 Å². The number of carbonyl (C=O) groups excluding carboxylic acids is 2. The summed E-state index contributed by atoms with van der Waals surface area (Å²) in [4.78, 5) is 25.3. The topological polar surface area (TPSA) is 152 Å². The van der Waals surface area contributed by atoms with Crippen LogP contribution in [-0.2, 0) is 28.5 Å². The first kappa shape index (κ1) is 52.2. The molecule has 0 radical (unpaired) electrons. The Balaban J connectivity index is 2.37. The highest BCUT2D eigenvalue weighted by Crippen LogP contribution is 2.22. The molecule has 10 heteroatoms. The van der Waals surface area contributed by atoms with Crippen molar-refractivity contribution in [1.29, 1.82) is 0 Å². The van der Waals surface area contributed by atoms with E-state index in [1.807, 2.05) is 12.2 Å². The minimum atomic E-state index is -1.61. The van der Waals surface area contributed by atoms with E-state index in [1.54, 1.807) is 0 Å². The molecule has 1 aliphatic heterocycles. The maximum Gasteiger partial charge on any atom is 0.306 e. The van der Waals surface area contributed by atoms with Gasteiger partial charge in [0.05, 0.1) is 13.2 Å². The fraction of sp³-hybridized carbons (Fsp3) is 0.702. The van der Waals surface area contributed by atoms with Crippen LogP contribution in [0.1, 0.15) is 155 Å². The summed E-state index contributed by atoms with van der Waals surface area (Å²) in [5, 5.41) is 40.0. The standard InChI is InChI=1S/C47H78O10/c1-3-5-7-9-11-13-15-17-18-19-20-21-22-24-25-27-29-31-33-35-42(49)54-38-40(39-55-47-46(53)45(52)44(51)41(37-48)57-47)56-43(50)36-34-32-30-28-26-23-16-14-12-10-8-6-4-2/h5,7,11,13,17-18,20-21,23,26,30,32,40-41,44-48,51-53H,3-4,6,8-10,12,14-16,19,22,24-25,27-29,31,33-39H2,1-2H3/b7-5+,13-11+,18-17+,21-20+,26-23+,32-30+/t40?,41-,44+,45?,46?,47-/m0/s1. The molecule has 6 atom stereocenters. The number of esters is 2. The zero-order valence-corrected chi connectivity index (χ0v) is 35.3. The second-order valence-corrected chi connectivity index (χ2v) is 14.8. The van der Waals surface area contributed by atoms with E-state index in [0.717, 1.165) is 77.0 Å². The molecular weight excluding hydrogens is 725 g/mol.